The van der Waals surface area contributed by atoms with Crippen molar-refractivity contribution in [1.82, 2.24) is 20.5 Å². The minimum Gasteiger partial charge on any atom is -0.480 e. The second kappa shape index (κ2) is 11.5. The van der Waals surface area contributed by atoms with Crippen LogP contribution in [-0.4, -0.2) is 80.6 Å². The van der Waals surface area contributed by atoms with Gasteiger partial charge >= 0.3 is 5.97 Å². The number of carboxylic acids is 1. The molecule has 1 aliphatic rings. The summed E-state index contributed by atoms with van der Waals surface area (Å²) in [6, 6.07) is 3.35. The summed E-state index contributed by atoms with van der Waals surface area (Å²) < 4.78 is 0. The van der Waals surface area contributed by atoms with E-state index in [-0.39, 0.29) is 18.9 Å². The average molecular weight is 502 g/mol. The molecule has 0 aliphatic carbocycles. The number of aliphatic hydroxyl groups is 1. The summed E-state index contributed by atoms with van der Waals surface area (Å²) in [5, 5.41) is 25.8. The summed E-state index contributed by atoms with van der Waals surface area (Å²) >= 11 is 0. The quantitative estimate of drug-likeness (QED) is 0.268. The number of amides is 3. The first-order valence-electron chi connectivity index (χ1n) is 12.1. The summed E-state index contributed by atoms with van der Waals surface area (Å²) in [7, 11) is 0. The number of likely N-dealkylation sites (tertiary alicyclic amines) is 1. The smallest absolute Gasteiger partial charge is 0.326 e. The number of aromatic amines is 1. The van der Waals surface area contributed by atoms with Crippen LogP contribution < -0.4 is 16.4 Å². The van der Waals surface area contributed by atoms with Crippen molar-refractivity contribution in [2.45, 2.75) is 70.3 Å². The molecule has 0 spiro atoms. The van der Waals surface area contributed by atoms with Crippen LogP contribution in [0.25, 0.3) is 10.9 Å². The van der Waals surface area contributed by atoms with Gasteiger partial charge in [0, 0.05) is 23.6 Å². The maximum atomic E-state index is 13.1. The molecule has 0 bridgehead atoms. The normalized spacial score (nSPS) is 19.1. The van der Waals surface area contributed by atoms with Crippen molar-refractivity contribution < 1.29 is 29.4 Å². The van der Waals surface area contributed by atoms with Crippen molar-refractivity contribution >= 4 is 34.6 Å². The maximum absolute atomic E-state index is 13.1. The molecule has 11 heteroatoms. The van der Waals surface area contributed by atoms with Gasteiger partial charge in [-0.25, -0.2) is 4.79 Å². The van der Waals surface area contributed by atoms with Gasteiger partial charge in [-0.3, -0.25) is 14.4 Å². The molecule has 0 saturated carbocycles. The molecule has 2 aromatic rings. The van der Waals surface area contributed by atoms with E-state index >= 15 is 0 Å². The molecule has 1 aromatic carbocycles. The van der Waals surface area contributed by atoms with Crippen molar-refractivity contribution in [3.8, 4) is 0 Å². The molecule has 5 atom stereocenters. The lowest BCUT2D eigenvalue weighted by atomic mass is 10.00. The Morgan fingerprint density at radius 3 is 2.42 bits per heavy atom. The number of aromatic nitrogens is 1. The molecule has 1 saturated heterocycles. The number of nitrogens with zero attached hydrogens (tertiary/aromatic N) is 1. The Hall–Kier alpha value is -3.44. The zero-order valence-electron chi connectivity index (χ0n) is 20.7. The Morgan fingerprint density at radius 2 is 1.78 bits per heavy atom. The number of fused-ring (bicyclic) bond motifs is 1. The summed E-state index contributed by atoms with van der Waals surface area (Å²) in [5.41, 5.74) is 7.96. The number of benzene rings is 1. The first-order valence-corrected chi connectivity index (χ1v) is 12.1. The van der Waals surface area contributed by atoms with Crippen LogP contribution in [0.15, 0.2) is 30.5 Å². The molecular weight excluding hydrogens is 466 g/mol. The van der Waals surface area contributed by atoms with Gasteiger partial charge in [0.05, 0.1) is 12.1 Å². The predicted molar refractivity (Wildman–Crippen MR) is 133 cm³/mol. The molecule has 1 fully saturated rings. The Bertz CT molecular complexity index is 1110. The lowest BCUT2D eigenvalue weighted by Crippen LogP contribution is -2.61. The SMILES string of the molecule is CC(C)C(NC(=O)C(N)Cc1c[nH]c2ccccc12)C(=O)NC(C(=O)N1CCCC1C(=O)O)C(C)O. The van der Waals surface area contributed by atoms with Crippen molar-refractivity contribution in [3.05, 3.63) is 36.0 Å². The van der Waals surface area contributed by atoms with E-state index in [2.05, 4.69) is 15.6 Å². The van der Waals surface area contributed by atoms with Gasteiger partial charge in [-0.1, -0.05) is 32.0 Å². The van der Waals surface area contributed by atoms with E-state index in [0.717, 1.165) is 16.5 Å². The number of H-pyrrole nitrogens is 1. The number of para-hydroxylation sites is 1. The fourth-order valence-corrected chi connectivity index (χ4v) is 4.52. The molecule has 3 rings (SSSR count). The maximum Gasteiger partial charge on any atom is 0.326 e. The molecule has 5 unspecified atom stereocenters. The minimum atomic E-state index is -1.35. The molecule has 36 heavy (non-hydrogen) atoms. The Morgan fingerprint density at radius 1 is 1.11 bits per heavy atom. The van der Waals surface area contributed by atoms with Crippen LogP contribution in [0.1, 0.15) is 39.2 Å². The molecule has 1 aromatic heterocycles. The first-order chi connectivity index (χ1) is 17.0. The van der Waals surface area contributed by atoms with Gasteiger partial charge in [-0.15, -0.1) is 0 Å². The number of rotatable bonds is 10. The molecule has 7 N–H and O–H groups in total. The lowest BCUT2D eigenvalue weighted by molar-refractivity contribution is -0.150. The van der Waals surface area contributed by atoms with E-state index in [9.17, 15) is 29.4 Å². The predicted octanol–water partition coefficient (Wildman–Crippen LogP) is 0.120. The fraction of sp³-hybridized carbons (Fsp3) is 0.520. The standard InChI is InChI=1S/C25H35N5O6/c1-13(2)20(28-22(32)17(26)11-15-12-27-18-8-5-4-7-16(15)18)23(33)29-21(14(3)31)24(34)30-10-6-9-19(30)25(35)36/h4-5,7-8,12-14,17,19-21,27,31H,6,9-11,26H2,1-3H3,(H,28,32)(H,29,33)(H,35,36). The number of carboxylic acid groups (broad SMARTS) is 1. The van der Waals surface area contributed by atoms with Gasteiger partial charge in [0.2, 0.25) is 17.7 Å². The van der Waals surface area contributed by atoms with Crippen molar-refractivity contribution in [3.63, 3.8) is 0 Å². The van der Waals surface area contributed by atoms with Gasteiger partial charge in [0.15, 0.2) is 0 Å². The summed E-state index contributed by atoms with van der Waals surface area (Å²) in [5.74, 6) is -3.35. The van der Waals surface area contributed by atoms with E-state index in [0.29, 0.717) is 12.8 Å². The second-order valence-corrected chi connectivity index (χ2v) is 9.66. The molecule has 0 radical (unpaired) electrons. The minimum absolute atomic E-state index is 0.224. The largest absolute Gasteiger partial charge is 0.480 e. The number of hydrogen-bond acceptors (Lipinski definition) is 6. The van der Waals surface area contributed by atoms with Gasteiger partial charge in [0.1, 0.15) is 18.1 Å². The fourth-order valence-electron chi connectivity index (χ4n) is 4.52. The number of carbonyl (C=O) groups excluding carboxylic acids is 3. The zero-order valence-corrected chi connectivity index (χ0v) is 20.7. The molecule has 196 valence electrons. The van der Waals surface area contributed by atoms with Gasteiger partial charge in [-0.2, -0.15) is 0 Å². The van der Waals surface area contributed by atoms with E-state index < -0.39 is 54.0 Å². The summed E-state index contributed by atoms with van der Waals surface area (Å²) in [6.45, 7) is 5.03. The van der Waals surface area contributed by atoms with E-state index in [4.69, 9.17) is 5.73 Å². The van der Waals surface area contributed by atoms with Crippen LogP contribution in [0.5, 0.6) is 0 Å². The zero-order chi connectivity index (χ0) is 26.6. The van der Waals surface area contributed by atoms with Crippen LogP contribution >= 0.6 is 0 Å². The molecular formula is C25H35N5O6. The Balaban J connectivity index is 1.68. The molecule has 3 amide bonds. The number of aliphatic carboxylic acids is 1. The number of carbonyl (C=O) groups is 4. The van der Waals surface area contributed by atoms with Crippen LogP contribution in [0, 0.1) is 5.92 Å². The van der Waals surface area contributed by atoms with Crippen LogP contribution in [-0.2, 0) is 25.6 Å². The number of nitrogens with two attached hydrogens (primary N) is 1. The van der Waals surface area contributed by atoms with Crippen molar-refractivity contribution in [1.29, 1.82) is 0 Å². The molecule has 1 aliphatic heterocycles. The first kappa shape index (κ1) is 27.2. The third-order valence-electron chi connectivity index (χ3n) is 6.57. The molecule has 2 heterocycles. The van der Waals surface area contributed by atoms with Crippen LogP contribution in [0.3, 0.4) is 0 Å². The number of aliphatic hydroxyl groups excluding tert-OH is 1. The van der Waals surface area contributed by atoms with E-state index in [1.54, 1.807) is 20.0 Å². The van der Waals surface area contributed by atoms with Gasteiger partial charge in [-0.05, 0) is 43.7 Å². The highest BCUT2D eigenvalue weighted by atomic mass is 16.4. The highest BCUT2D eigenvalue weighted by Crippen LogP contribution is 2.20. The highest BCUT2D eigenvalue weighted by Gasteiger charge is 2.40. The second-order valence-electron chi connectivity index (χ2n) is 9.66. The monoisotopic (exact) mass is 501 g/mol. The number of nitrogens with one attached hydrogen (secondary N) is 3. The van der Waals surface area contributed by atoms with Gasteiger partial charge in [0.25, 0.3) is 0 Å². The highest BCUT2D eigenvalue weighted by molar-refractivity contribution is 5.95. The Labute approximate surface area is 209 Å². The van der Waals surface area contributed by atoms with E-state index in [1.807, 2.05) is 24.3 Å². The van der Waals surface area contributed by atoms with Crippen molar-refractivity contribution in [2.75, 3.05) is 6.54 Å². The van der Waals surface area contributed by atoms with E-state index in [1.165, 1.54) is 11.8 Å². The van der Waals surface area contributed by atoms with Gasteiger partial charge < -0.3 is 36.5 Å². The lowest BCUT2D eigenvalue weighted by Gasteiger charge is -2.31. The van der Waals surface area contributed by atoms with Crippen LogP contribution in [0.4, 0.5) is 0 Å². The third-order valence-corrected chi connectivity index (χ3v) is 6.57. The third kappa shape index (κ3) is 6.03. The van der Waals surface area contributed by atoms with Crippen molar-refractivity contribution in [2.24, 2.45) is 11.7 Å². The average Bonchev–Trinajstić information content (AvgIpc) is 3.47. The Kier molecular flexibility index (Phi) is 8.70. The topological polar surface area (TPSA) is 178 Å². The summed E-state index contributed by atoms with van der Waals surface area (Å²) in [4.78, 5) is 54.8. The number of hydrogen-bond donors (Lipinski definition) is 6. The summed E-state index contributed by atoms with van der Waals surface area (Å²) in [6.07, 6.45) is 1.60. The molecule has 11 nitrogen and oxygen atoms in total. The van der Waals surface area contributed by atoms with Crippen LogP contribution in [0.2, 0.25) is 0 Å².